The van der Waals surface area contributed by atoms with Gasteiger partial charge in [-0.2, -0.15) is 0 Å². The van der Waals surface area contributed by atoms with Gasteiger partial charge in [0, 0.05) is 47.4 Å². The van der Waals surface area contributed by atoms with Crippen LogP contribution < -0.4 is 14.8 Å². The van der Waals surface area contributed by atoms with Crippen molar-refractivity contribution in [2.45, 2.75) is 25.7 Å². The van der Waals surface area contributed by atoms with Gasteiger partial charge in [-0.25, -0.2) is 4.98 Å². The van der Waals surface area contributed by atoms with Crippen LogP contribution >= 0.6 is 23.2 Å². The zero-order chi connectivity index (χ0) is 24.9. The van der Waals surface area contributed by atoms with Gasteiger partial charge in [0.15, 0.2) is 0 Å². The third-order valence-corrected chi connectivity index (χ3v) is 6.54. The molecule has 2 heterocycles. The summed E-state index contributed by atoms with van der Waals surface area (Å²) < 4.78 is 13.0. The molecule has 0 radical (unpaired) electrons. The van der Waals surface area contributed by atoms with E-state index >= 15 is 0 Å². The molecule has 6 nitrogen and oxygen atoms in total. The molecule has 0 saturated carbocycles. The molecule has 0 spiro atoms. The quantitative estimate of drug-likeness (QED) is 0.306. The van der Waals surface area contributed by atoms with Crippen molar-refractivity contribution in [2.24, 2.45) is 0 Å². The van der Waals surface area contributed by atoms with Crippen molar-refractivity contribution in [1.82, 2.24) is 14.7 Å². The second kappa shape index (κ2) is 11.0. The molecule has 1 N–H and O–H groups in total. The number of carbonyl (C=O) groups excluding carboxylic acids is 1. The summed E-state index contributed by atoms with van der Waals surface area (Å²) in [5, 5.41) is 4.20. The van der Waals surface area contributed by atoms with Crippen LogP contribution in [0.25, 0.3) is 5.65 Å². The summed E-state index contributed by atoms with van der Waals surface area (Å²) in [6.07, 6.45) is 4.64. The molecule has 182 valence electrons. The first-order valence-electron chi connectivity index (χ1n) is 11.2. The maximum absolute atomic E-state index is 13.1. The number of amides is 1. The van der Waals surface area contributed by atoms with Crippen molar-refractivity contribution in [1.29, 1.82) is 0 Å². The number of aromatic nitrogens is 2. The molecule has 4 aromatic rings. The lowest BCUT2D eigenvalue weighted by molar-refractivity contribution is -0.121. The lowest BCUT2D eigenvalue weighted by Crippen LogP contribution is -2.27. The van der Waals surface area contributed by atoms with E-state index in [0.717, 1.165) is 28.0 Å². The Morgan fingerprint density at radius 3 is 2.49 bits per heavy atom. The Hall–Kier alpha value is -3.22. The lowest BCUT2D eigenvalue weighted by atomic mass is 9.91. The van der Waals surface area contributed by atoms with Gasteiger partial charge in [0.2, 0.25) is 5.91 Å². The number of carbonyl (C=O) groups is 1. The first-order valence-corrected chi connectivity index (χ1v) is 12.0. The van der Waals surface area contributed by atoms with E-state index in [9.17, 15) is 4.79 Å². The third-order valence-electron chi connectivity index (χ3n) is 5.95. The number of hydrogen-bond donors (Lipinski definition) is 1. The number of hydrogen-bond acceptors (Lipinski definition) is 4. The van der Waals surface area contributed by atoms with E-state index < -0.39 is 0 Å². The van der Waals surface area contributed by atoms with E-state index in [4.69, 9.17) is 32.7 Å². The Morgan fingerprint density at radius 1 is 1.06 bits per heavy atom. The molecule has 4 rings (SSSR count). The number of halogens is 2. The van der Waals surface area contributed by atoms with E-state index in [1.54, 1.807) is 26.4 Å². The van der Waals surface area contributed by atoms with E-state index in [-0.39, 0.29) is 18.2 Å². The number of aryl methyl sites for hydroxylation is 1. The molecule has 1 atom stereocenters. The molecule has 2 aromatic carbocycles. The highest BCUT2D eigenvalue weighted by Gasteiger charge is 2.23. The van der Waals surface area contributed by atoms with Gasteiger partial charge in [-0.15, -0.1) is 0 Å². The highest BCUT2D eigenvalue weighted by Crippen LogP contribution is 2.34. The highest BCUT2D eigenvalue weighted by molar-refractivity contribution is 6.35. The van der Waals surface area contributed by atoms with Gasteiger partial charge in [-0.05, 0) is 66.4 Å². The van der Waals surface area contributed by atoms with Crippen molar-refractivity contribution in [3.05, 3.63) is 93.4 Å². The second-order valence-corrected chi connectivity index (χ2v) is 9.20. The van der Waals surface area contributed by atoms with E-state index in [1.807, 2.05) is 60.1 Å². The summed E-state index contributed by atoms with van der Waals surface area (Å²) in [4.78, 5) is 17.7. The van der Waals surface area contributed by atoms with E-state index in [1.165, 1.54) is 0 Å². The van der Waals surface area contributed by atoms with Crippen molar-refractivity contribution in [2.75, 3.05) is 20.8 Å². The SMILES string of the molecule is COc1cc(OC)cc(C(CC(=O)NCCc2ccc(Cl)cc2Cl)c2cnc3cc(C)ccn23)c1. The maximum atomic E-state index is 13.1. The molecule has 0 saturated heterocycles. The monoisotopic (exact) mass is 511 g/mol. The molecular formula is C27H27Cl2N3O3. The van der Waals surface area contributed by atoms with Crippen molar-refractivity contribution >= 4 is 34.8 Å². The number of benzene rings is 2. The van der Waals surface area contributed by atoms with E-state index in [0.29, 0.717) is 34.5 Å². The third kappa shape index (κ3) is 5.89. The zero-order valence-electron chi connectivity index (χ0n) is 19.8. The molecule has 0 bridgehead atoms. The number of imidazole rings is 1. The number of methoxy groups -OCH3 is 2. The van der Waals surface area contributed by atoms with Gasteiger partial charge in [-0.3, -0.25) is 4.79 Å². The van der Waals surface area contributed by atoms with Crippen LogP contribution in [0.15, 0.2) is 60.9 Å². The van der Waals surface area contributed by atoms with Crippen LogP contribution in [-0.2, 0) is 11.2 Å². The molecule has 0 aliphatic carbocycles. The molecule has 2 aromatic heterocycles. The normalized spacial score (nSPS) is 11.9. The van der Waals surface area contributed by atoms with Crippen molar-refractivity contribution in [3.8, 4) is 11.5 Å². The summed E-state index contributed by atoms with van der Waals surface area (Å²) in [6.45, 7) is 2.49. The minimum absolute atomic E-state index is 0.0797. The van der Waals surface area contributed by atoms with Crippen LogP contribution in [0, 0.1) is 6.92 Å². The zero-order valence-corrected chi connectivity index (χ0v) is 21.4. The van der Waals surface area contributed by atoms with Crippen LogP contribution in [-0.4, -0.2) is 36.1 Å². The summed E-state index contributed by atoms with van der Waals surface area (Å²) in [6, 6.07) is 15.1. The molecule has 0 fully saturated rings. The Kier molecular flexibility index (Phi) is 7.83. The fraction of sp³-hybridized carbons (Fsp3) is 0.259. The Balaban J connectivity index is 1.60. The van der Waals surface area contributed by atoms with Crippen molar-refractivity contribution < 1.29 is 14.3 Å². The number of rotatable bonds is 9. The fourth-order valence-electron chi connectivity index (χ4n) is 4.10. The van der Waals surface area contributed by atoms with Gasteiger partial charge in [0.25, 0.3) is 0 Å². The molecule has 0 aliphatic rings. The lowest BCUT2D eigenvalue weighted by Gasteiger charge is -2.19. The van der Waals surface area contributed by atoms with Gasteiger partial charge < -0.3 is 19.2 Å². The largest absolute Gasteiger partial charge is 0.497 e. The van der Waals surface area contributed by atoms with Crippen LogP contribution in [0.5, 0.6) is 11.5 Å². The standard InChI is InChI=1S/C27H27Cl2N3O3/c1-17-7-9-32-25(16-31-26(32)10-17)23(19-11-21(34-2)14-22(12-19)35-3)15-27(33)30-8-6-18-4-5-20(28)13-24(18)29/h4-5,7,9-14,16,23H,6,8,15H2,1-3H3,(H,30,33). The van der Waals surface area contributed by atoms with E-state index in [2.05, 4.69) is 10.3 Å². The van der Waals surface area contributed by atoms with Crippen molar-refractivity contribution in [3.63, 3.8) is 0 Å². The predicted octanol–water partition coefficient (Wildman–Crippen LogP) is 5.85. The maximum Gasteiger partial charge on any atom is 0.221 e. The van der Waals surface area contributed by atoms with Gasteiger partial charge >= 0.3 is 0 Å². The van der Waals surface area contributed by atoms with Gasteiger partial charge in [0.05, 0.1) is 19.9 Å². The molecule has 0 aliphatic heterocycles. The highest BCUT2D eigenvalue weighted by atomic mass is 35.5. The van der Waals surface area contributed by atoms with Gasteiger partial charge in [0.1, 0.15) is 17.1 Å². The summed E-state index contributed by atoms with van der Waals surface area (Å²) >= 11 is 12.2. The topological polar surface area (TPSA) is 64.9 Å². The van der Waals surface area contributed by atoms with Crippen LogP contribution in [0.4, 0.5) is 0 Å². The number of nitrogens with zero attached hydrogens (tertiary/aromatic N) is 2. The fourth-order valence-corrected chi connectivity index (χ4v) is 4.61. The Bertz CT molecular complexity index is 1330. The number of pyridine rings is 1. The first-order chi connectivity index (χ1) is 16.9. The molecule has 8 heteroatoms. The molecule has 1 amide bonds. The average molecular weight is 512 g/mol. The summed E-state index contributed by atoms with van der Waals surface area (Å²) in [5.74, 6) is 0.971. The minimum atomic E-state index is -0.268. The van der Waals surface area contributed by atoms with Crippen LogP contribution in [0.1, 0.15) is 34.7 Å². The predicted molar refractivity (Wildman–Crippen MR) is 139 cm³/mol. The first kappa shape index (κ1) is 24.9. The average Bonchev–Trinajstić information content (AvgIpc) is 3.26. The molecule has 35 heavy (non-hydrogen) atoms. The second-order valence-electron chi connectivity index (χ2n) is 8.35. The number of nitrogens with one attached hydrogen (secondary N) is 1. The Morgan fingerprint density at radius 2 is 1.80 bits per heavy atom. The summed E-state index contributed by atoms with van der Waals surface area (Å²) in [7, 11) is 3.22. The number of ether oxygens (including phenoxy) is 2. The Labute approximate surface area is 214 Å². The molecule has 1 unspecified atom stereocenters. The number of fused-ring (bicyclic) bond motifs is 1. The molecular weight excluding hydrogens is 485 g/mol. The summed E-state index contributed by atoms with van der Waals surface area (Å²) in [5.41, 5.74) is 4.69. The van der Waals surface area contributed by atoms with Crippen LogP contribution in [0.3, 0.4) is 0 Å². The van der Waals surface area contributed by atoms with Crippen LogP contribution in [0.2, 0.25) is 10.0 Å². The minimum Gasteiger partial charge on any atom is -0.497 e. The van der Waals surface area contributed by atoms with Gasteiger partial charge in [-0.1, -0.05) is 29.3 Å². The smallest absolute Gasteiger partial charge is 0.221 e.